The van der Waals surface area contributed by atoms with Crippen LogP contribution in [0.3, 0.4) is 0 Å². The number of ether oxygens (including phenoxy) is 2. The molecule has 2 heterocycles. The fraction of sp³-hybridized carbons (Fsp3) is 0.333. The Balaban J connectivity index is 1.45. The van der Waals surface area contributed by atoms with E-state index in [9.17, 15) is 13.6 Å². The second-order valence-electron chi connectivity index (χ2n) is 6.87. The van der Waals surface area contributed by atoms with E-state index in [0.29, 0.717) is 48.0 Å². The lowest BCUT2D eigenvalue weighted by atomic mass is 10.2. The molecular formula is C21H22F2N4O3. The number of nitrogens with zero attached hydrogens (tertiary/aromatic N) is 3. The van der Waals surface area contributed by atoms with Gasteiger partial charge in [0.25, 0.3) is 0 Å². The summed E-state index contributed by atoms with van der Waals surface area (Å²) in [7, 11) is 0. The van der Waals surface area contributed by atoms with Crippen LogP contribution in [-0.4, -0.2) is 46.7 Å². The summed E-state index contributed by atoms with van der Waals surface area (Å²) < 4.78 is 39.2. The summed E-state index contributed by atoms with van der Waals surface area (Å²) in [4.78, 5) is 18.6. The molecule has 1 aromatic heterocycles. The molecule has 158 valence electrons. The lowest BCUT2D eigenvalue weighted by Gasteiger charge is -2.21. The van der Waals surface area contributed by atoms with Gasteiger partial charge in [0, 0.05) is 11.8 Å². The molecule has 1 amide bonds. The third kappa shape index (κ3) is 4.20. The summed E-state index contributed by atoms with van der Waals surface area (Å²) in [5.74, 6) is 1.19. The zero-order valence-corrected chi connectivity index (χ0v) is 16.5. The van der Waals surface area contributed by atoms with Crippen LogP contribution in [0.25, 0.3) is 11.0 Å². The predicted molar refractivity (Wildman–Crippen MR) is 108 cm³/mol. The lowest BCUT2D eigenvalue weighted by Crippen LogP contribution is -2.33. The van der Waals surface area contributed by atoms with Gasteiger partial charge in [-0.05, 0) is 30.8 Å². The summed E-state index contributed by atoms with van der Waals surface area (Å²) in [5, 5.41) is 2.82. The third-order valence-corrected chi connectivity index (χ3v) is 4.87. The van der Waals surface area contributed by atoms with E-state index < -0.39 is 6.55 Å². The highest BCUT2D eigenvalue weighted by Gasteiger charge is 2.20. The van der Waals surface area contributed by atoms with Gasteiger partial charge in [-0.3, -0.25) is 14.3 Å². The number of aromatic nitrogens is 2. The van der Waals surface area contributed by atoms with Crippen LogP contribution in [0.4, 0.5) is 14.5 Å². The first-order valence-corrected chi connectivity index (χ1v) is 9.71. The molecule has 0 unspecified atom stereocenters. The van der Waals surface area contributed by atoms with Gasteiger partial charge in [-0.15, -0.1) is 0 Å². The summed E-state index contributed by atoms with van der Waals surface area (Å²) >= 11 is 0. The molecule has 4 rings (SSSR count). The van der Waals surface area contributed by atoms with Crippen LogP contribution in [0.15, 0.2) is 42.5 Å². The van der Waals surface area contributed by atoms with Crippen molar-refractivity contribution in [2.45, 2.75) is 20.0 Å². The number of amides is 1. The van der Waals surface area contributed by atoms with Gasteiger partial charge in [-0.1, -0.05) is 19.1 Å². The van der Waals surface area contributed by atoms with E-state index in [4.69, 9.17) is 9.47 Å². The van der Waals surface area contributed by atoms with E-state index >= 15 is 0 Å². The van der Waals surface area contributed by atoms with Crippen LogP contribution >= 0.6 is 0 Å². The molecule has 0 radical (unpaired) electrons. The monoisotopic (exact) mass is 416 g/mol. The molecule has 9 heteroatoms. The zero-order valence-electron chi connectivity index (χ0n) is 16.5. The number of carbonyl (C=O) groups is 1. The third-order valence-electron chi connectivity index (χ3n) is 4.87. The fourth-order valence-corrected chi connectivity index (χ4v) is 3.43. The van der Waals surface area contributed by atoms with E-state index in [-0.39, 0.29) is 24.8 Å². The van der Waals surface area contributed by atoms with Crippen LogP contribution in [0.1, 0.15) is 19.3 Å². The first kappa shape index (κ1) is 20.1. The maximum Gasteiger partial charge on any atom is 0.320 e. The maximum atomic E-state index is 13.6. The molecule has 0 aliphatic carbocycles. The average Bonchev–Trinajstić information content (AvgIpc) is 3.11. The number of fused-ring (bicyclic) bond motifs is 2. The quantitative estimate of drug-likeness (QED) is 0.637. The summed E-state index contributed by atoms with van der Waals surface area (Å²) in [6.07, 6.45) is 0. The largest absolute Gasteiger partial charge is 0.486 e. The number of hydrogen-bond donors (Lipinski definition) is 1. The molecule has 0 atom stereocenters. The maximum absolute atomic E-state index is 13.6. The van der Waals surface area contributed by atoms with Crippen molar-refractivity contribution in [2.75, 3.05) is 31.6 Å². The zero-order chi connectivity index (χ0) is 21.1. The SMILES string of the molecule is CCN(CC(=O)Nc1ccc2c(c1)OCCO2)Cc1nc2ccccc2n1C(F)F. The van der Waals surface area contributed by atoms with Crippen LogP contribution in [0, 0.1) is 0 Å². The number of anilines is 1. The Bertz CT molecular complexity index is 1050. The molecule has 2 aromatic carbocycles. The Morgan fingerprint density at radius 1 is 1.20 bits per heavy atom. The molecule has 0 saturated heterocycles. The van der Waals surface area contributed by atoms with Gasteiger partial charge in [-0.2, -0.15) is 8.78 Å². The topological polar surface area (TPSA) is 68.6 Å². The van der Waals surface area contributed by atoms with Crippen molar-refractivity contribution >= 4 is 22.6 Å². The van der Waals surface area contributed by atoms with Gasteiger partial charge in [0.05, 0.1) is 24.1 Å². The average molecular weight is 416 g/mol. The number of alkyl halides is 2. The van der Waals surface area contributed by atoms with E-state index in [1.165, 1.54) is 0 Å². The number of halogens is 2. The van der Waals surface area contributed by atoms with Crippen LogP contribution in [-0.2, 0) is 11.3 Å². The second kappa shape index (κ2) is 8.66. The number of likely N-dealkylation sites (N-methyl/N-ethyl adjacent to an activating group) is 1. The highest BCUT2D eigenvalue weighted by Crippen LogP contribution is 2.32. The standard InChI is InChI=1S/C21H22F2N4O3/c1-2-26(12-19-25-15-5-3-4-6-16(15)27(19)21(22)23)13-20(28)24-14-7-8-17-18(11-14)30-10-9-29-17/h3-8,11,21H,2,9-10,12-13H2,1H3,(H,24,28). The molecule has 1 aliphatic rings. The number of hydrogen-bond acceptors (Lipinski definition) is 5. The Kier molecular flexibility index (Phi) is 5.80. The summed E-state index contributed by atoms with van der Waals surface area (Å²) in [6, 6.07) is 12.0. The van der Waals surface area contributed by atoms with Gasteiger partial charge in [0.1, 0.15) is 19.0 Å². The Hall–Kier alpha value is -3.20. The minimum Gasteiger partial charge on any atom is -0.486 e. The number of carbonyl (C=O) groups excluding carboxylic acids is 1. The predicted octanol–water partition coefficient (Wildman–Crippen LogP) is 3.66. The Morgan fingerprint density at radius 2 is 1.97 bits per heavy atom. The highest BCUT2D eigenvalue weighted by molar-refractivity contribution is 5.92. The van der Waals surface area contributed by atoms with Crippen LogP contribution in [0.5, 0.6) is 11.5 Å². The number of nitrogens with one attached hydrogen (secondary N) is 1. The van der Waals surface area contributed by atoms with Crippen molar-refractivity contribution in [3.63, 3.8) is 0 Å². The van der Waals surface area contributed by atoms with E-state index in [1.807, 2.05) is 6.92 Å². The first-order chi connectivity index (χ1) is 14.5. The van der Waals surface area contributed by atoms with Crippen LogP contribution < -0.4 is 14.8 Å². The van der Waals surface area contributed by atoms with E-state index in [1.54, 1.807) is 47.4 Å². The number of para-hydroxylation sites is 2. The minimum atomic E-state index is -2.71. The van der Waals surface area contributed by atoms with Gasteiger partial charge in [0.15, 0.2) is 11.5 Å². The highest BCUT2D eigenvalue weighted by atomic mass is 19.3. The number of benzene rings is 2. The second-order valence-corrected chi connectivity index (χ2v) is 6.87. The molecule has 1 N–H and O–H groups in total. The molecule has 0 spiro atoms. The van der Waals surface area contributed by atoms with Gasteiger partial charge in [-0.25, -0.2) is 4.98 Å². The van der Waals surface area contributed by atoms with Gasteiger partial charge < -0.3 is 14.8 Å². The van der Waals surface area contributed by atoms with Gasteiger partial charge >= 0.3 is 6.55 Å². The van der Waals surface area contributed by atoms with Crippen molar-refractivity contribution in [1.29, 1.82) is 0 Å². The molecule has 0 saturated carbocycles. The molecule has 1 aliphatic heterocycles. The summed E-state index contributed by atoms with van der Waals surface area (Å²) in [6.45, 7) is 0.777. The summed E-state index contributed by atoms with van der Waals surface area (Å²) in [5.41, 5.74) is 1.46. The van der Waals surface area contributed by atoms with E-state index in [0.717, 1.165) is 4.57 Å². The fourth-order valence-electron chi connectivity index (χ4n) is 3.43. The van der Waals surface area contributed by atoms with Crippen molar-refractivity contribution < 1.29 is 23.0 Å². The van der Waals surface area contributed by atoms with Crippen molar-refractivity contribution in [1.82, 2.24) is 14.5 Å². The Morgan fingerprint density at radius 3 is 2.73 bits per heavy atom. The molecule has 3 aromatic rings. The van der Waals surface area contributed by atoms with Crippen molar-refractivity contribution in [2.24, 2.45) is 0 Å². The van der Waals surface area contributed by atoms with Crippen LogP contribution in [0.2, 0.25) is 0 Å². The molecule has 7 nitrogen and oxygen atoms in total. The van der Waals surface area contributed by atoms with Gasteiger partial charge in [0.2, 0.25) is 5.91 Å². The lowest BCUT2D eigenvalue weighted by molar-refractivity contribution is -0.117. The smallest absolute Gasteiger partial charge is 0.320 e. The number of rotatable bonds is 7. The first-order valence-electron chi connectivity index (χ1n) is 9.71. The molecular weight excluding hydrogens is 394 g/mol. The molecule has 30 heavy (non-hydrogen) atoms. The molecule has 0 bridgehead atoms. The Labute approximate surface area is 172 Å². The van der Waals surface area contributed by atoms with Crippen molar-refractivity contribution in [3.05, 3.63) is 48.3 Å². The minimum absolute atomic E-state index is 0.0391. The normalized spacial score (nSPS) is 13.2. The van der Waals surface area contributed by atoms with Crippen molar-refractivity contribution in [3.8, 4) is 11.5 Å². The van der Waals surface area contributed by atoms with E-state index in [2.05, 4.69) is 10.3 Å². The molecule has 0 fully saturated rings. The number of imidazole rings is 1.